The van der Waals surface area contributed by atoms with E-state index >= 15 is 0 Å². The van der Waals surface area contributed by atoms with E-state index in [4.69, 9.17) is 4.74 Å². The Balaban J connectivity index is 2.07. The number of nitrogens with zero attached hydrogens (tertiary/aromatic N) is 1. The molecule has 1 unspecified atom stereocenters. The first-order valence-corrected chi connectivity index (χ1v) is 6.73. The van der Waals surface area contributed by atoms with Gasteiger partial charge in [-0.2, -0.15) is 0 Å². The molecule has 0 radical (unpaired) electrons. The zero-order chi connectivity index (χ0) is 15.2. The molecule has 1 N–H and O–H groups in total. The first kappa shape index (κ1) is 15.4. The highest BCUT2D eigenvalue weighted by Gasteiger charge is 2.14. The zero-order valence-corrected chi connectivity index (χ0v) is 12.1. The molecule has 1 atom stereocenters. The second-order valence-electron chi connectivity index (χ2n) is 4.82. The van der Waals surface area contributed by atoms with Gasteiger partial charge >= 0.3 is 0 Å². The van der Waals surface area contributed by atoms with Crippen molar-refractivity contribution in [3.05, 3.63) is 59.3 Å². The molecule has 0 bridgehead atoms. The summed E-state index contributed by atoms with van der Waals surface area (Å²) in [6, 6.07) is 7.95. The molecule has 21 heavy (non-hydrogen) atoms. The molecule has 1 aromatic carbocycles. The lowest BCUT2D eigenvalue weighted by Gasteiger charge is -2.17. The maximum atomic E-state index is 13.7. The molecule has 0 spiro atoms. The number of likely N-dealkylation sites (N-methyl/N-ethyl adjacent to an activating group) is 1. The van der Waals surface area contributed by atoms with E-state index in [0.29, 0.717) is 24.3 Å². The highest BCUT2D eigenvalue weighted by molar-refractivity contribution is 5.22. The molecule has 0 aliphatic heterocycles. The molecule has 0 saturated heterocycles. The van der Waals surface area contributed by atoms with E-state index in [1.165, 1.54) is 6.07 Å². The molecule has 1 heterocycles. The van der Waals surface area contributed by atoms with Gasteiger partial charge in [0.2, 0.25) is 5.88 Å². The van der Waals surface area contributed by atoms with Crippen molar-refractivity contribution in [2.24, 2.45) is 0 Å². The van der Waals surface area contributed by atoms with Gasteiger partial charge in [-0.25, -0.2) is 13.8 Å². The van der Waals surface area contributed by atoms with Crippen LogP contribution in [-0.2, 0) is 12.8 Å². The number of pyridine rings is 1. The van der Waals surface area contributed by atoms with Crippen molar-refractivity contribution >= 4 is 0 Å². The van der Waals surface area contributed by atoms with Gasteiger partial charge in [0.25, 0.3) is 0 Å². The van der Waals surface area contributed by atoms with Crippen molar-refractivity contribution < 1.29 is 13.5 Å². The smallest absolute Gasteiger partial charge is 0.212 e. The van der Waals surface area contributed by atoms with Gasteiger partial charge < -0.3 is 10.1 Å². The van der Waals surface area contributed by atoms with Gasteiger partial charge in [0.05, 0.1) is 7.11 Å². The van der Waals surface area contributed by atoms with Crippen LogP contribution in [-0.4, -0.2) is 25.2 Å². The number of rotatable bonds is 6. The Labute approximate surface area is 123 Å². The number of nitrogens with one attached hydrogen (secondary N) is 1. The summed E-state index contributed by atoms with van der Waals surface area (Å²) in [6.45, 7) is 0. The summed E-state index contributed by atoms with van der Waals surface area (Å²) >= 11 is 0. The van der Waals surface area contributed by atoms with Gasteiger partial charge in [0, 0.05) is 18.3 Å². The minimum absolute atomic E-state index is 0.00325. The molecule has 2 aromatic rings. The topological polar surface area (TPSA) is 34.1 Å². The van der Waals surface area contributed by atoms with Gasteiger partial charge in [-0.1, -0.05) is 18.2 Å². The van der Waals surface area contributed by atoms with Crippen LogP contribution in [0.2, 0.25) is 0 Å². The van der Waals surface area contributed by atoms with E-state index in [0.717, 1.165) is 11.6 Å². The largest absolute Gasteiger partial charge is 0.481 e. The minimum Gasteiger partial charge on any atom is -0.481 e. The highest BCUT2D eigenvalue weighted by Crippen LogP contribution is 2.15. The van der Waals surface area contributed by atoms with Crippen molar-refractivity contribution in [3.63, 3.8) is 0 Å². The quantitative estimate of drug-likeness (QED) is 0.889. The van der Waals surface area contributed by atoms with Crippen LogP contribution < -0.4 is 10.1 Å². The van der Waals surface area contributed by atoms with Crippen LogP contribution in [0, 0.1) is 11.6 Å². The minimum atomic E-state index is -0.812. The van der Waals surface area contributed by atoms with Crippen LogP contribution in [0.4, 0.5) is 8.78 Å². The van der Waals surface area contributed by atoms with E-state index < -0.39 is 11.6 Å². The maximum Gasteiger partial charge on any atom is 0.212 e. The van der Waals surface area contributed by atoms with E-state index in [1.54, 1.807) is 32.5 Å². The second-order valence-corrected chi connectivity index (χ2v) is 4.82. The van der Waals surface area contributed by atoms with Crippen molar-refractivity contribution in [2.45, 2.75) is 18.9 Å². The second kappa shape index (κ2) is 7.13. The Morgan fingerprint density at radius 1 is 1.19 bits per heavy atom. The normalized spacial score (nSPS) is 12.2. The number of hydrogen-bond donors (Lipinski definition) is 1. The fourth-order valence-corrected chi connectivity index (χ4v) is 2.18. The molecular weight excluding hydrogens is 274 g/mol. The lowest BCUT2D eigenvalue weighted by atomic mass is 9.99. The molecule has 112 valence electrons. The summed E-state index contributed by atoms with van der Waals surface area (Å²) in [5.41, 5.74) is 1.38. The molecule has 0 amide bonds. The number of halogens is 2. The molecule has 0 saturated carbocycles. The third-order valence-corrected chi connectivity index (χ3v) is 3.39. The molecule has 1 aromatic heterocycles. The summed E-state index contributed by atoms with van der Waals surface area (Å²) in [4.78, 5) is 4.14. The first-order valence-electron chi connectivity index (χ1n) is 6.73. The summed E-state index contributed by atoms with van der Waals surface area (Å²) < 4.78 is 31.9. The monoisotopic (exact) mass is 292 g/mol. The summed E-state index contributed by atoms with van der Waals surface area (Å²) in [6.07, 6.45) is 2.81. The van der Waals surface area contributed by atoms with Gasteiger partial charge in [0.1, 0.15) is 0 Å². The van der Waals surface area contributed by atoms with Crippen molar-refractivity contribution in [1.82, 2.24) is 10.3 Å². The summed E-state index contributed by atoms with van der Waals surface area (Å²) in [5, 5.41) is 3.13. The van der Waals surface area contributed by atoms with Crippen LogP contribution in [0.25, 0.3) is 0 Å². The molecule has 0 fully saturated rings. The van der Waals surface area contributed by atoms with Crippen LogP contribution in [0.1, 0.15) is 11.1 Å². The van der Waals surface area contributed by atoms with Gasteiger partial charge in [-0.3, -0.25) is 0 Å². The van der Waals surface area contributed by atoms with Crippen molar-refractivity contribution in [3.8, 4) is 5.88 Å². The fourth-order valence-electron chi connectivity index (χ4n) is 2.18. The Kier molecular flexibility index (Phi) is 5.22. The van der Waals surface area contributed by atoms with Crippen LogP contribution >= 0.6 is 0 Å². The lowest BCUT2D eigenvalue weighted by Crippen LogP contribution is -2.30. The average molecular weight is 292 g/mol. The highest BCUT2D eigenvalue weighted by atomic mass is 19.2. The van der Waals surface area contributed by atoms with Gasteiger partial charge in [-0.05, 0) is 37.1 Å². The zero-order valence-electron chi connectivity index (χ0n) is 12.1. The van der Waals surface area contributed by atoms with Gasteiger partial charge in [-0.15, -0.1) is 0 Å². The Morgan fingerprint density at radius 3 is 2.62 bits per heavy atom. The first-order chi connectivity index (χ1) is 10.1. The molecular formula is C16H18F2N2O. The van der Waals surface area contributed by atoms with Crippen LogP contribution in [0.15, 0.2) is 36.5 Å². The Hall–Kier alpha value is -2.01. The molecule has 2 rings (SSSR count). The number of methoxy groups -OCH3 is 1. The van der Waals surface area contributed by atoms with Crippen molar-refractivity contribution in [2.75, 3.05) is 14.2 Å². The SMILES string of the molecule is CNC(Cc1ccc(OC)nc1)Cc1cccc(F)c1F. The molecule has 5 heteroatoms. The molecule has 3 nitrogen and oxygen atoms in total. The number of aromatic nitrogens is 1. The molecule has 0 aliphatic carbocycles. The predicted molar refractivity (Wildman–Crippen MR) is 77.4 cm³/mol. The number of ether oxygens (including phenoxy) is 1. The van der Waals surface area contributed by atoms with Crippen LogP contribution in [0.5, 0.6) is 5.88 Å². The summed E-state index contributed by atoms with van der Waals surface area (Å²) in [7, 11) is 3.37. The predicted octanol–water partition coefficient (Wildman–Crippen LogP) is 2.74. The maximum absolute atomic E-state index is 13.7. The Morgan fingerprint density at radius 2 is 2.00 bits per heavy atom. The third-order valence-electron chi connectivity index (χ3n) is 3.39. The van der Waals surface area contributed by atoms with Crippen molar-refractivity contribution in [1.29, 1.82) is 0 Å². The third kappa shape index (κ3) is 3.98. The number of hydrogen-bond acceptors (Lipinski definition) is 3. The van der Waals surface area contributed by atoms with Gasteiger partial charge in [0.15, 0.2) is 11.6 Å². The standard InChI is InChI=1S/C16H18F2N2O/c1-19-13(8-11-6-7-15(21-2)20-10-11)9-12-4-3-5-14(17)16(12)18/h3-7,10,13,19H,8-9H2,1-2H3. The number of benzene rings is 1. The Bertz CT molecular complexity index is 587. The fraction of sp³-hybridized carbons (Fsp3) is 0.312. The average Bonchev–Trinajstić information content (AvgIpc) is 2.51. The summed E-state index contributed by atoms with van der Waals surface area (Å²) in [5.74, 6) is -1.03. The van der Waals surface area contributed by atoms with E-state index in [2.05, 4.69) is 10.3 Å². The van der Waals surface area contributed by atoms with Crippen LogP contribution in [0.3, 0.4) is 0 Å². The molecule has 0 aliphatic rings. The van der Waals surface area contributed by atoms with E-state index in [1.807, 2.05) is 6.07 Å². The van der Waals surface area contributed by atoms with E-state index in [9.17, 15) is 8.78 Å². The lowest BCUT2D eigenvalue weighted by molar-refractivity contribution is 0.397. The van der Waals surface area contributed by atoms with E-state index in [-0.39, 0.29) is 6.04 Å².